The summed E-state index contributed by atoms with van der Waals surface area (Å²) in [7, 11) is 0. The summed E-state index contributed by atoms with van der Waals surface area (Å²) >= 11 is 0. The van der Waals surface area contributed by atoms with Gasteiger partial charge in [-0.2, -0.15) is 0 Å². The Labute approximate surface area is 68.0 Å². The monoisotopic (exact) mass is 162 g/mol. The maximum atomic E-state index is 9.24. The molecular weight excluding hydrogens is 144 g/mol. The summed E-state index contributed by atoms with van der Waals surface area (Å²) in [4.78, 5) is 0. The molecule has 0 fully saturated rings. The van der Waals surface area contributed by atoms with E-state index < -0.39 is 6.10 Å². The summed E-state index contributed by atoms with van der Waals surface area (Å²) in [6.45, 7) is 6.13. The third kappa shape index (κ3) is 3.70. The molecule has 0 unspecified atom stereocenters. The van der Waals surface area contributed by atoms with Gasteiger partial charge in [0, 0.05) is 6.61 Å². The standard InChI is InChI=1S/C8H18O3/c1-4-11-8(6(2)3)7(10)5-9/h6-10H,4-5H2,1-3H3/t7-,8-/m1/s1. The van der Waals surface area contributed by atoms with E-state index in [9.17, 15) is 5.11 Å². The van der Waals surface area contributed by atoms with Crippen molar-refractivity contribution in [2.24, 2.45) is 5.92 Å². The quantitative estimate of drug-likeness (QED) is 0.615. The van der Waals surface area contributed by atoms with Crippen LogP contribution in [0.15, 0.2) is 0 Å². The maximum absolute atomic E-state index is 9.24. The van der Waals surface area contributed by atoms with Gasteiger partial charge in [0.05, 0.1) is 12.7 Å². The summed E-state index contributed by atoms with van der Waals surface area (Å²) in [5, 5.41) is 17.9. The Morgan fingerprint density at radius 1 is 1.36 bits per heavy atom. The molecule has 0 spiro atoms. The molecule has 0 amide bonds. The van der Waals surface area contributed by atoms with Gasteiger partial charge in [-0.15, -0.1) is 0 Å². The third-order valence-corrected chi connectivity index (χ3v) is 1.58. The zero-order chi connectivity index (χ0) is 8.85. The van der Waals surface area contributed by atoms with E-state index in [1.807, 2.05) is 20.8 Å². The number of hydrogen-bond donors (Lipinski definition) is 2. The van der Waals surface area contributed by atoms with Crippen LogP contribution in [0.4, 0.5) is 0 Å². The maximum Gasteiger partial charge on any atom is 0.103 e. The van der Waals surface area contributed by atoms with Gasteiger partial charge in [0.15, 0.2) is 0 Å². The van der Waals surface area contributed by atoms with Crippen LogP contribution < -0.4 is 0 Å². The number of rotatable bonds is 5. The summed E-state index contributed by atoms with van der Waals surface area (Å²) in [6, 6.07) is 0. The number of ether oxygens (including phenoxy) is 1. The second-order valence-electron chi connectivity index (χ2n) is 2.91. The van der Waals surface area contributed by atoms with Crippen LogP contribution in [0.1, 0.15) is 20.8 Å². The highest BCUT2D eigenvalue weighted by Crippen LogP contribution is 2.10. The molecule has 0 aromatic carbocycles. The van der Waals surface area contributed by atoms with E-state index in [1.54, 1.807) is 0 Å². The normalized spacial score (nSPS) is 16.9. The van der Waals surface area contributed by atoms with Crippen LogP contribution in [0.3, 0.4) is 0 Å². The van der Waals surface area contributed by atoms with Crippen molar-refractivity contribution in [1.82, 2.24) is 0 Å². The zero-order valence-electron chi connectivity index (χ0n) is 7.45. The summed E-state index contributed by atoms with van der Waals surface area (Å²) in [5.74, 6) is 0.233. The lowest BCUT2D eigenvalue weighted by Crippen LogP contribution is -2.36. The van der Waals surface area contributed by atoms with E-state index in [2.05, 4.69) is 0 Å². The van der Waals surface area contributed by atoms with Gasteiger partial charge in [0.2, 0.25) is 0 Å². The smallest absolute Gasteiger partial charge is 0.103 e. The van der Waals surface area contributed by atoms with Crippen molar-refractivity contribution in [3.63, 3.8) is 0 Å². The van der Waals surface area contributed by atoms with Gasteiger partial charge >= 0.3 is 0 Å². The molecule has 3 heteroatoms. The third-order valence-electron chi connectivity index (χ3n) is 1.58. The lowest BCUT2D eigenvalue weighted by Gasteiger charge is -2.24. The molecular formula is C8H18O3. The minimum atomic E-state index is -0.755. The topological polar surface area (TPSA) is 49.7 Å². The molecule has 2 N–H and O–H groups in total. The Morgan fingerprint density at radius 2 is 1.91 bits per heavy atom. The molecule has 0 saturated heterocycles. The van der Waals surface area contributed by atoms with Crippen molar-refractivity contribution in [2.45, 2.75) is 33.0 Å². The van der Waals surface area contributed by atoms with Crippen LogP contribution in [-0.4, -0.2) is 35.6 Å². The highest BCUT2D eigenvalue weighted by atomic mass is 16.5. The lowest BCUT2D eigenvalue weighted by molar-refractivity contribution is -0.0749. The van der Waals surface area contributed by atoms with Crippen molar-refractivity contribution < 1.29 is 14.9 Å². The summed E-state index contributed by atoms with van der Waals surface area (Å²) in [6.07, 6.45) is -1.00. The molecule has 0 aliphatic heterocycles. The molecule has 0 heterocycles. The first-order valence-electron chi connectivity index (χ1n) is 4.04. The van der Waals surface area contributed by atoms with Crippen LogP contribution in [0.2, 0.25) is 0 Å². The summed E-state index contributed by atoms with van der Waals surface area (Å²) in [5.41, 5.74) is 0. The molecule has 68 valence electrons. The van der Waals surface area contributed by atoms with Crippen molar-refractivity contribution >= 4 is 0 Å². The number of aliphatic hydroxyl groups is 2. The predicted molar refractivity (Wildman–Crippen MR) is 43.3 cm³/mol. The van der Waals surface area contributed by atoms with Gasteiger partial charge in [0.25, 0.3) is 0 Å². The molecule has 0 aromatic heterocycles. The van der Waals surface area contributed by atoms with Crippen molar-refractivity contribution in [3.05, 3.63) is 0 Å². The van der Waals surface area contributed by atoms with Gasteiger partial charge in [-0.3, -0.25) is 0 Å². The molecule has 0 bridgehead atoms. The Balaban J connectivity index is 3.87. The van der Waals surface area contributed by atoms with E-state index in [0.717, 1.165) is 0 Å². The van der Waals surface area contributed by atoms with Crippen LogP contribution in [-0.2, 0) is 4.74 Å². The number of hydrogen-bond acceptors (Lipinski definition) is 3. The average Bonchev–Trinajstić information content (AvgIpc) is 1.98. The SMILES string of the molecule is CCO[C@H](C(C)C)[C@H](O)CO. The average molecular weight is 162 g/mol. The molecule has 0 aliphatic rings. The van der Waals surface area contributed by atoms with E-state index in [-0.39, 0.29) is 18.6 Å². The van der Waals surface area contributed by atoms with E-state index in [0.29, 0.717) is 6.61 Å². The highest BCUT2D eigenvalue weighted by Gasteiger charge is 2.21. The van der Waals surface area contributed by atoms with E-state index >= 15 is 0 Å². The lowest BCUT2D eigenvalue weighted by atomic mass is 10.0. The fraction of sp³-hybridized carbons (Fsp3) is 1.00. The van der Waals surface area contributed by atoms with Crippen molar-refractivity contribution in [2.75, 3.05) is 13.2 Å². The Hall–Kier alpha value is -0.120. The Bertz CT molecular complexity index is 93.3. The molecule has 11 heavy (non-hydrogen) atoms. The first-order chi connectivity index (χ1) is 5.13. The minimum Gasteiger partial charge on any atom is -0.394 e. The molecule has 0 radical (unpaired) electrons. The van der Waals surface area contributed by atoms with Crippen LogP contribution in [0, 0.1) is 5.92 Å². The summed E-state index contributed by atoms with van der Waals surface area (Å²) < 4.78 is 5.25. The molecule has 2 atom stereocenters. The van der Waals surface area contributed by atoms with Crippen LogP contribution in [0.5, 0.6) is 0 Å². The highest BCUT2D eigenvalue weighted by molar-refractivity contribution is 4.70. The van der Waals surface area contributed by atoms with Crippen molar-refractivity contribution in [1.29, 1.82) is 0 Å². The largest absolute Gasteiger partial charge is 0.394 e. The second kappa shape index (κ2) is 5.52. The van der Waals surface area contributed by atoms with Gasteiger partial charge in [-0.05, 0) is 12.8 Å². The van der Waals surface area contributed by atoms with Gasteiger partial charge < -0.3 is 14.9 Å². The fourth-order valence-electron chi connectivity index (χ4n) is 1.04. The zero-order valence-corrected chi connectivity index (χ0v) is 7.45. The van der Waals surface area contributed by atoms with Gasteiger partial charge in [0.1, 0.15) is 6.10 Å². The van der Waals surface area contributed by atoms with Crippen LogP contribution in [0.25, 0.3) is 0 Å². The first kappa shape index (κ1) is 10.9. The molecule has 0 aromatic rings. The second-order valence-corrected chi connectivity index (χ2v) is 2.91. The number of aliphatic hydroxyl groups excluding tert-OH is 2. The fourth-order valence-corrected chi connectivity index (χ4v) is 1.04. The van der Waals surface area contributed by atoms with E-state index in [1.165, 1.54) is 0 Å². The van der Waals surface area contributed by atoms with Crippen molar-refractivity contribution in [3.8, 4) is 0 Å². The Morgan fingerprint density at radius 3 is 2.18 bits per heavy atom. The van der Waals surface area contributed by atoms with Crippen LogP contribution >= 0.6 is 0 Å². The molecule has 0 aliphatic carbocycles. The molecule has 0 rings (SSSR count). The van der Waals surface area contributed by atoms with E-state index in [4.69, 9.17) is 9.84 Å². The molecule has 0 saturated carbocycles. The minimum absolute atomic E-state index is 0.233. The predicted octanol–water partition coefficient (Wildman–Crippen LogP) is 0.401. The Kier molecular flexibility index (Phi) is 5.46. The van der Waals surface area contributed by atoms with Gasteiger partial charge in [-0.25, -0.2) is 0 Å². The van der Waals surface area contributed by atoms with Gasteiger partial charge in [-0.1, -0.05) is 13.8 Å². The molecule has 3 nitrogen and oxygen atoms in total. The first-order valence-corrected chi connectivity index (χ1v) is 4.04.